The standard InChI is InChI=1S/C11H13N3O3/c15-11(16)8-5-9(17-7-8)6-12-2-1-10-13-3-4-14-10/h3-5,7,12H,1-2,6H2,(H,13,14)(H,15,16). The van der Waals surface area contributed by atoms with Crippen LogP contribution in [0.1, 0.15) is 21.9 Å². The highest BCUT2D eigenvalue weighted by Crippen LogP contribution is 2.07. The molecule has 0 saturated carbocycles. The molecule has 0 radical (unpaired) electrons. The van der Waals surface area contributed by atoms with Gasteiger partial charge < -0.3 is 19.8 Å². The number of rotatable bonds is 6. The molecule has 0 bridgehead atoms. The van der Waals surface area contributed by atoms with Crippen LogP contribution < -0.4 is 5.32 Å². The Morgan fingerprint density at radius 2 is 2.47 bits per heavy atom. The Balaban J connectivity index is 1.72. The van der Waals surface area contributed by atoms with Gasteiger partial charge in [0.1, 0.15) is 17.8 Å². The van der Waals surface area contributed by atoms with Crippen molar-refractivity contribution >= 4 is 5.97 Å². The predicted molar refractivity (Wildman–Crippen MR) is 59.7 cm³/mol. The lowest BCUT2D eigenvalue weighted by atomic mass is 10.3. The van der Waals surface area contributed by atoms with Gasteiger partial charge in [-0.25, -0.2) is 9.78 Å². The van der Waals surface area contributed by atoms with Crippen molar-refractivity contribution < 1.29 is 14.3 Å². The van der Waals surface area contributed by atoms with Crippen LogP contribution in [0.3, 0.4) is 0 Å². The molecule has 0 spiro atoms. The van der Waals surface area contributed by atoms with Crippen LogP contribution in [-0.4, -0.2) is 27.6 Å². The van der Waals surface area contributed by atoms with Crippen LogP contribution >= 0.6 is 0 Å². The molecule has 3 N–H and O–H groups in total. The first kappa shape index (κ1) is 11.4. The molecule has 0 amide bonds. The zero-order chi connectivity index (χ0) is 12.1. The molecule has 2 aromatic heterocycles. The molecule has 0 unspecified atom stereocenters. The number of nitrogens with zero attached hydrogens (tertiary/aromatic N) is 1. The molecule has 2 heterocycles. The van der Waals surface area contributed by atoms with Crippen molar-refractivity contribution in [1.82, 2.24) is 15.3 Å². The second-order valence-corrected chi connectivity index (χ2v) is 3.57. The molecule has 0 atom stereocenters. The molecule has 6 heteroatoms. The van der Waals surface area contributed by atoms with Gasteiger partial charge in [-0.3, -0.25) is 0 Å². The minimum absolute atomic E-state index is 0.174. The highest BCUT2D eigenvalue weighted by molar-refractivity contribution is 5.87. The summed E-state index contributed by atoms with van der Waals surface area (Å²) in [6.07, 6.45) is 5.52. The summed E-state index contributed by atoms with van der Waals surface area (Å²) < 4.78 is 5.10. The van der Waals surface area contributed by atoms with E-state index in [1.54, 1.807) is 12.4 Å². The summed E-state index contributed by atoms with van der Waals surface area (Å²) in [7, 11) is 0. The number of hydrogen-bond donors (Lipinski definition) is 3. The monoisotopic (exact) mass is 235 g/mol. The number of furan rings is 1. The lowest BCUT2D eigenvalue weighted by Gasteiger charge is -2.00. The second-order valence-electron chi connectivity index (χ2n) is 3.57. The maximum Gasteiger partial charge on any atom is 0.338 e. The summed E-state index contributed by atoms with van der Waals surface area (Å²) in [5.41, 5.74) is 0.174. The lowest BCUT2D eigenvalue weighted by Crippen LogP contribution is -2.16. The Labute approximate surface area is 97.7 Å². The third kappa shape index (κ3) is 3.18. The number of imidazole rings is 1. The van der Waals surface area contributed by atoms with Gasteiger partial charge in [0.05, 0.1) is 12.1 Å². The van der Waals surface area contributed by atoms with Crippen LogP contribution in [0.4, 0.5) is 0 Å². The van der Waals surface area contributed by atoms with E-state index in [2.05, 4.69) is 15.3 Å². The number of H-pyrrole nitrogens is 1. The fraction of sp³-hybridized carbons (Fsp3) is 0.273. The Morgan fingerprint density at radius 1 is 1.59 bits per heavy atom. The molecule has 17 heavy (non-hydrogen) atoms. The number of carboxylic acid groups (broad SMARTS) is 1. The molecule has 90 valence electrons. The van der Waals surface area contributed by atoms with Gasteiger partial charge in [0.15, 0.2) is 0 Å². The Hall–Kier alpha value is -2.08. The molecule has 6 nitrogen and oxygen atoms in total. The first-order valence-corrected chi connectivity index (χ1v) is 5.25. The van der Waals surface area contributed by atoms with E-state index in [-0.39, 0.29) is 5.56 Å². The fourth-order valence-corrected chi connectivity index (χ4v) is 1.44. The highest BCUT2D eigenvalue weighted by atomic mass is 16.4. The summed E-state index contributed by atoms with van der Waals surface area (Å²) >= 11 is 0. The third-order valence-electron chi connectivity index (χ3n) is 2.29. The van der Waals surface area contributed by atoms with E-state index in [9.17, 15) is 4.79 Å². The van der Waals surface area contributed by atoms with Crippen molar-refractivity contribution in [2.24, 2.45) is 0 Å². The SMILES string of the molecule is O=C(O)c1coc(CNCCc2ncc[nH]2)c1. The number of aromatic amines is 1. The van der Waals surface area contributed by atoms with Crippen LogP contribution in [0, 0.1) is 0 Å². The number of carboxylic acids is 1. The Kier molecular flexibility index (Phi) is 3.56. The molecule has 2 aromatic rings. The summed E-state index contributed by atoms with van der Waals surface area (Å²) in [5, 5.41) is 11.8. The molecular weight excluding hydrogens is 222 g/mol. The van der Waals surface area contributed by atoms with E-state index in [1.807, 2.05) is 0 Å². The van der Waals surface area contributed by atoms with Crippen LogP contribution in [0.2, 0.25) is 0 Å². The topological polar surface area (TPSA) is 91.2 Å². The number of aromatic nitrogens is 2. The maximum absolute atomic E-state index is 10.6. The van der Waals surface area contributed by atoms with Crippen LogP contribution in [-0.2, 0) is 13.0 Å². The van der Waals surface area contributed by atoms with Gasteiger partial charge in [-0.2, -0.15) is 0 Å². The van der Waals surface area contributed by atoms with E-state index >= 15 is 0 Å². The molecule has 0 aliphatic heterocycles. The number of aromatic carboxylic acids is 1. The normalized spacial score (nSPS) is 10.6. The van der Waals surface area contributed by atoms with Crippen molar-refractivity contribution in [1.29, 1.82) is 0 Å². The van der Waals surface area contributed by atoms with E-state index in [4.69, 9.17) is 9.52 Å². The summed E-state index contributed by atoms with van der Waals surface area (Å²) in [6, 6.07) is 1.52. The smallest absolute Gasteiger partial charge is 0.338 e. The van der Waals surface area contributed by atoms with Crippen molar-refractivity contribution in [3.05, 3.63) is 41.9 Å². The van der Waals surface area contributed by atoms with Crippen molar-refractivity contribution in [2.45, 2.75) is 13.0 Å². The van der Waals surface area contributed by atoms with Gasteiger partial charge in [0, 0.05) is 25.4 Å². The lowest BCUT2D eigenvalue weighted by molar-refractivity contribution is 0.0696. The molecule has 0 aliphatic rings. The van der Waals surface area contributed by atoms with Gasteiger partial charge in [-0.15, -0.1) is 0 Å². The van der Waals surface area contributed by atoms with Crippen LogP contribution in [0.25, 0.3) is 0 Å². The first-order chi connectivity index (χ1) is 8.25. The van der Waals surface area contributed by atoms with Crippen LogP contribution in [0.5, 0.6) is 0 Å². The van der Waals surface area contributed by atoms with Gasteiger partial charge in [-0.05, 0) is 6.07 Å². The van der Waals surface area contributed by atoms with Gasteiger partial charge in [0.25, 0.3) is 0 Å². The fourth-order valence-electron chi connectivity index (χ4n) is 1.44. The quantitative estimate of drug-likeness (QED) is 0.650. The van der Waals surface area contributed by atoms with Gasteiger partial charge in [-0.1, -0.05) is 0 Å². The number of hydrogen-bond acceptors (Lipinski definition) is 4. The summed E-state index contributed by atoms with van der Waals surface area (Å²) in [6.45, 7) is 1.25. The van der Waals surface area contributed by atoms with E-state index in [1.165, 1.54) is 12.3 Å². The maximum atomic E-state index is 10.6. The molecular formula is C11H13N3O3. The molecule has 0 aromatic carbocycles. The zero-order valence-corrected chi connectivity index (χ0v) is 9.14. The molecule has 0 saturated heterocycles. The average molecular weight is 235 g/mol. The van der Waals surface area contributed by atoms with Gasteiger partial charge in [0.2, 0.25) is 0 Å². The molecule has 0 aliphatic carbocycles. The summed E-state index contributed by atoms with van der Waals surface area (Å²) in [5.74, 6) is 0.556. The zero-order valence-electron chi connectivity index (χ0n) is 9.14. The van der Waals surface area contributed by atoms with Crippen molar-refractivity contribution in [3.63, 3.8) is 0 Å². The number of nitrogens with one attached hydrogen (secondary N) is 2. The van der Waals surface area contributed by atoms with Crippen molar-refractivity contribution in [2.75, 3.05) is 6.54 Å². The minimum Gasteiger partial charge on any atom is -0.478 e. The first-order valence-electron chi connectivity index (χ1n) is 5.25. The predicted octanol–water partition coefficient (Wildman–Crippen LogP) is 1.03. The summed E-state index contributed by atoms with van der Waals surface area (Å²) in [4.78, 5) is 17.7. The van der Waals surface area contributed by atoms with E-state index in [0.29, 0.717) is 12.3 Å². The van der Waals surface area contributed by atoms with Gasteiger partial charge >= 0.3 is 5.97 Å². The third-order valence-corrected chi connectivity index (χ3v) is 2.29. The Morgan fingerprint density at radius 3 is 3.12 bits per heavy atom. The number of carbonyl (C=O) groups is 1. The highest BCUT2D eigenvalue weighted by Gasteiger charge is 2.07. The van der Waals surface area contributed by atoms with Crippen LogP contribution in [0.15, 0.2) is 29.1 Å². The van der Waals surface area contributed by atoms with E-state index < -0.39 is 5.97 Å². The largest absolute Gasteiger partial charge is 0.478 e. The minimum atomic E-state index is -0.976. The Bertz CT molecular complexity index is 476. The van der Waals surface area contributed by atoms with E-state index in [0.717, 1.165) is 18.8 Å². The molecule has 0 fully saturated rings. The second kappa shape index (κ2) is 5.31. The molecule has 2 rings (SSSR count). The van der Waals surface area contributed by atoms with Crippen molar-refractivity contribution in [3.8, 4) is 0 Å². The average Bonchev–Trinajstić information content (AvgIpc) is 2.96.